The maximum Gasteiger partial charge on any atom is 0.300 e. The molecule has 136 valence electrons. The number of hydrogen-bond donors (Lipinski definition) is 0. The minimum Gasteiger partial charge on any atom is -0.291 e. The minimum atomic E-state index is -0.413. The lowest BCUT2D eigenvalue weighted by molar-refractivity contribution is -0.114. The monoisotopic (exact) mass is 377 g/mol. The van der Waals surface area contributed by atoms with Gasteiger partial charge in [0.1, 0.15) is 0 Å². The third kappa shape index (κ3) is 2.85. The Balaban J connectivity index is 1.27. The zero-order valence-corrected chi connectivity index (χ0v) is 15.6. The van der Waals surface area contributed by atoms with Crippen LogP contribution >= 0.6 is 11.3 Å². The zero-order valence-electron chi connectivity index (χ0n) is 14.8. The Morgan fingerprint density at radius 2 is 1.74 bits per heavy atom. The number of para-hydroxylation sites is 2. The predicted molar refractivity (Wildman–Crippen MR) is 106 cm³/mol. The highest BCUT2D eigenvalue weighted by atomic mass is 32.1. The fraction of sp³-hybridized carbons (Fsp3) is 0.286. The molecule has 27 heavy (non-hydrogen) atoms. The fourth-order valence-electron chi connectivity index (χ4n) is 3.97. The molecule has 1 amide bonds. The molecule has 2 aliphatic rings. The van der Waals surface area contributed by atoms with Crippen LogP contribution in [0.15, 0.2) is 48.5 Å². The highest BCUT2D eigenvalue weighted by molar-refractivity contribution is 7.18. The van der Waals surface area contributed by atoms with Gasteiger partial charge < -0.3 is 0 Å². The van der Waals surface area contributed by atoms with E-state index in [2.05, 4.69) is 23.1 Å². The van der Waals surface area contributed by atoms with Crippen molar-refractivity contribution in [3.05, 3.63) is 59.1 Å². The van der Waals surface area contributed by atoms with E-state index in [0.29, 0.717) is 18.2 Å². The molecule has 0 spiro atoms. The molecule has 2 aromatic carbocycles. The molecule has 0 aliphatic carbocycles. The summed E-state index contributed by atoms with van der Waals surface area (Å²) in [5.41, 5.74) is 2.34. The molecule has 2 aliphatic heterocycles. The third-order valence-electron chi connectivity index (χ3n) is 5.47. The molecule has 0 saturated carbocycles. The summed E-state index contributed by atoms with van der Waals surface area (Å²) in [6.07, 6.45) is 2.05. The molecule has 0 bridgehead atoms. The minimum absolute atomic E-state index is 0.394. The second kappa shape index (κ2) is 6.55. The van der Waals surface area contributed by atoms with E-state index >= 15 is 0 Å². The Morgan fingerprint density at radius 1 is 1.00 bits per heavy atom. The number of amides is 1. The molecule has 3 aromatic rings. The van der Waals surface area contributed by atoms with Crippen LogP contribution < -0.4 is 4.90 Å². The van der Waals surface area contributed by atoms with Crippen LogP contribution in [0.5, 0.6) is 0 Å². The average molecular weight is 377 g/mol. The normalized spacial score (nSPS) is 18.4. The number of nitrogens with zero attached hydrogens (tertiary/aromatic N) is 3. The smallest absolute Gasteiger partial charge is 0.291 e. The van der Waals surface area contributed by atoms with Gasteiger partial charge >= 0.3 is 5.91 Å². The van der Waals surface area contributed by atoms with Gasteiger partial charge in [0.15, 0.2) is 0 Å². The van der Waals surface area contributed by atoms with Crippen molar-refractivity contribution in [1.82, 2.24) is 9.88 Å². The maximum atomic E-state index is 12.4. The first-order chi connectivity index (χ1) is 13.2. The van der Waals surface area contributed by atoms with Crippen LogP contribution in [0.25, 0.3) is 10.2 Å². The van der Waals surface area contributed by atoms with Crippen molar-refractivity contribution in [2.75, 3.05) is 24.7 Å². The van der Waals surface area contributed by atoms with Crippen LogP contribution in [-0.2, 0) is 4.79 Å². The van der Waals surface area contributed by atoms with Gasteiger partial charge in [0.2, 0.25) is 0 Å². The SMILES string of the molecule is O=C1C(=O)N(CN2CCC(c3nc4ccccc4s3)CC2)c2ccccc21. The standard InChI is InChI=1S/C21H19N3O2S/c25-19-15-5-1-3-7-17(15)24(21(19)26)13-23-11-9-14(10-12-23)20-22-16-6-2-4-8-18(16)27-20/h1-8,14H,9-13H2. The summed E-state index contributed by atoms with van der Waals surface area (Å²) in [6.45, 7) is 2.29. The number of ketones is 1. The number of benzene rings is 2. The molecular weight excluding hydrogens is 358 g/mol. The summed E-state index contributed by atoms with van der Waals surface area (Å²) in [4.78, 5) is 33.2. The molecule has 5 rings (SSSR count). The lowest BCUT2D eigenvalue weighted by Gasteiger charge is -2.33. The lowest BCUT2D eigenvalue weighted by atomic mass is 9.98. The molecule has 0 radical (unpaired) electrons. The van der Waals surface area contributed by atoms with E-state index in [1.165, 1.54) is 9.71 Å². The molecule has 6 heteroatoms. The van der Waals surface area contributed by atoms with Gasteiger partial charge in [0.25, 0.3) is 5.78 Å². The van der Waals surface area contributed by atoms with Crippen molar-refractivity contribution in [2.24, 2.45) is 0 Å². The first kappa shape index (κ1) is 16.6. The molecular formula is C21H19N3O2S. The number of carbonyl (C=O) groups excluding carboxylic acids is 2. The van der Waals surface area contributed by atoms with Gasteiger partial charge in [-0.15, -0.1) is 11.3 Å². The summed E-state index contributed by atoms with van der Waals surface area (Å²) in [7, 11) is 0. The summed E-state index contributed by atoms with van der Waals surface area (Å²) >= 11 is 1.79. The molecule has 0 atom stereocenters. The van der Waals surface area contributed by atoms with E-state index in [0.717, 1.165) is 37.1 Å². The number of carbonyl (C=O) groups is 2. The van der Waals surface area contributed by atoms with E-state index in [-0.39, 0.29) is 0 Å². The Hall–Kier alpha value is -2.57. The number of likely N-dealkylation sites (tertiary alicyclic amines) is 1. The fourth-order valence-corrected chi connectivity index (χ4v) is 5.11. The van der Waals surface area contributed by atoms with Crippen molar-refractivity contribution in [3.8, 4) is 0 Å². The molecule has 1 fully saturated rings. The molecule has 0 unspecified atom stereocenters. The van der Waals surface area contributed by atoms with Crippen LogP contribution in [0, 0.1) is 0 Å². The van der Waals surface area contributed by atoms with Crippen molar-refractivity contribution >= 4 is 38.9 Å². The second-order valence-corrected chi connectivity index (χ2v) is 8.20. The van der Waals surface area contributed by atoms with Crippen molar-refractivity contribution < 1.29 is 9.59 Å². The van der Waals surface area contributed by atoms with Gasteiger partial charge in [0, 0.05) is 19.0 Å². The third-order valence-corrected chi connectivity index (χ3v) is 6.67. The highest BCUT2D eigenvalue weighted by Crippen LogP contribution is 2.35. The number of thiazole rings is 1. The van der Waals surface area contributed by atoms with E-state index in [1.807, 2.05) is 18.2 Å². The Labute approximate surface area is 161 Å². The van der Waals surface area contributed by atoms with Crippen LogP contribution in [0.1, 0.15) is 34.1 Å². The van der Waals surface area contributed by atoms with Gasteiger partial charge in [-0.1, -0.05) is 24.3 Å². The number of hydrogen-bond acceptors (Lipinski definition) is 5. The van der Waals surface area contributed by atoms with Gasteiger partial charge in [-0.05, 0) is 37.1 Å². The van der Waals surface area contributed by atoms with E-state index in [1.54, 1.807) is 28.4 Å². The molecule has 3 heterocycles. The number of anilines is 1. The predicted octanol–water partition coefficient (Wildman–Crippen LogP) is 3.66. The number of aromatic nitrogens is 1. The van der Waals surface area contributed by atoms with Gasteiger partial charge in [0.05, 0.1) is 33.1 Å². The molecule has 5 nitrogen and oxygen atoms in total. The molecule has 0 N–H and O–H groups in total. The van der Waals surface area contributed by atoms with Crippen molar-refractivity contribution in [2.45, 2.75) is 18.8 Å². The van der Waals surface area contributed by atoms with E-state index in [4.69, 9.17) is 4.98 Å². The Bertz CT molecular complexity index is 1000. The number of fused-ring (bicyclic) bond motifs is 2. The quantitative estimate of drug-likeness (QED) is 0.654. The van der Waals surface area contributed by atoms with Crippen LogP contribution in [0.3, 0.4) is 0 Å². The van der Waals surface area contributed by atoms with Crippen molar-refractivity contribution in [1.29, 1.82) is 0 Å². The second-order valence-electron chi connectivity index (χ2n) is 7.13. The Morgan fingerprint density at radius 3 is 2.56 bits per heavy atom. The average Bonchev–Trinajstić information content (AvgIpc) is 3.24. The van der Waals surface area contributed by atoms with Crippen molar-refractivity contribution in [3.63, 3.8) is 0 Å². The number of rotatable bonds is 3. The topological polar surface area (TPSA) is 53.5 Å². The lowest BCUT2D eigenvalue weighted by Crippen LogP contribution is -2.44. The van der Waals surface area contributed by atoms with Crippen LogP contribution in [0.4, 0.5) is 5.69 Å². The summed E-state index contributed by atoms with van der Waals surface area (Å²) in [5, 5.41) is 1.22. The van der Waals surface area contributed by atoms with Crippen LogP contribution in [-0.4, -0.2) is 41.3 Å². The maximum absolute atomic E-state index is 12.4. The first-order valence-electron chi connectivity index (χ1n) is 9.24. The summed E-state index contributed by atoms with van der Waals surface area (Å²) in [5.74, 6) is -0.332. The van der Waals surface area contributed by atoms with Gasteiger partial charge in [-0.25, -0.2) is 4.98 Å². The van der Waals surface area contributed by atoms with Crippen LogP contribution in [0.2, 0.25) is 0 Å². The summed E-state index contributed by atoms with van der Waals surface area (Å²) < 4.78 is 1.24. The zero-order chi connectivity index (χ0) is 18.4. The largest absolute Gasteiger partial charge is 0.300 e. The first-order valence-corrected chi connectivity index (χ1v) is 10.1. The Kier molecular flexibility index (Phi) is 4.02. The van der Waals surface area contributed by atoms with Gasteiger partial charge in [-0.3, -0.25) is 19.4 Å². The number of piperidine rings is 1. The van der Waals surface area contributed by atoms with E-state index < -0.39 is 11.7 Å². The van der Waals surface area contributed by atoms with E-state index in [9.17, 15) is 9.59 Å². The molecule has 1 saturated heterocycles. The highest BCUT2D eigenvalue weighted by Gasteiger charge is 2.36. The summed E-state index contributed by atoms with van der Waals surface area (Å²) in [6, 6.07) is 15.5. The number of Topliss-reactive ketones (excluding diaryl/α,β-unsaturated/α-hetero) is 1. The van der Waals surface area contributed by atoms with Gasteiger partial charge in [-0.2, -0.15) is 0 Å². The molecule has 1 aromatic heterocycles.